The third kappa shape index (κ3) is 2.87. The summed E-state index contributed by atoms with van der Waals surface area (Å²) in [6.45, 7) is 1.60. The summed E-state index contributed by atoms with van der Waals surface area (Å²) >= 11 is 5.90. The van der Waals surface area contributed by atoms with Gasteiger partial charge < -0.3 is 4.90 Å². The number of halogens is 1. The fourth-order valence-corrected chi connectivity index (χ4v) is 2.87. The van der Waals surface area contributed by atoms with Gasteiger partial charge in [0.15, 0.2) is 0 Å². The summed E-state index contributed by atoms with van der Waals surface area (Å²) < 4.78 is 25.2. The van der Waals surface area contributed by atoms with Gasteiger partial charge in [0.1, 0.15) is 0 Å². The molecule has 0 aromatic heterocycles. The number of sulfonamides is 1. The standard InChI is InChI=1S/C10H13ClN2O2S/c11-9-2-1-3-10(8-9)13-5-4-12-16(14,15)7-6-13/h1-3,8,12H,4-7H2. The monoisotopic (exact) mass is 260 g/mol. The first-order chi connectivity index (χ1) is 7.57. The van der Waals surface area contributed by atoms with Crippen molar-refractivity contribution in [1.29, 1.82) is 0 Å². The van der Waals surface area contributed by atoms with E-state index in [1.165, 1.54) is 0 Å². The summed E-state index contributed by atoms with van der Waals surface area (Å²) in [5, 5.41) is 0.664. The van der Waals surface area contributed by atoms with E-state index in [1.807, 2.05) is 23.1 Å². The number of nitrogens with one attached hydrogen (secondary N) is 1. The van der Waals surface area contributed by atoms with E-state index >= 15 is 0 Å². The maximum atomic E-state index is 11.4. The van der Waals surface area contributed by atoms with Crippen molar-refractivity contribution >= 4 is 27.3 Å². The highest BCUT2D eigenvalue weighted by Gasteiger charge is 2.18. The maximum Gasteiger partial charge on any atom is 0.213 e. The van der Waals surface area contributed by atoms with Crippen molar-refractivity contribution in [3.05, 3.63) is 29.3 Å². The maximum absolute atomic E-state index is 11.4. The molecule has 0 amide bonds. The summed E-state index contributed by atoms with van der Waals surface area (Å²) in [7, 11) is -3.09. The minimum absolute atomic E-state index is 0.125. The zero-order valence-corrected chi connectivity index (χ0v) is 10.3. The Kier molecular flexibility index (Phi) is 3.37. The molecule has 0 bridgehead atoms. The molecule has 1 aromatic rings. The summed E-state index contributed by atoms with van der Waals surface area (Å²) in [5.74, 6) is 0.125. The topological polar surface area (TPSA) is 49.4 Å². The van der Waals surface area contributed by atoms with Crippen LogP contribution in [0.25, 0.3) is 0 Å². The first-order valence-electron chi connectivity index (χ1n) is 5.05. The largest absolute Gasteiger partial charge is 0.369 e. The van der Waals surface area contributed by atoms with Crippen molar-refractivity contribution < 1.29 is 8.42 Å². The zero-order chi connectivity index (χ0) is 11.6. The van der Waals surface area contributed by atoms with Gasteiger partial charge in [-0.25, -0.2) is 13.1 Å². The van der Waals surface area contributed by atoms with Crippen molar-refractivity contribution in [3.8, 4) is 0 Å². The highest BCUT2D eigenvalue weighted by Crippen LogP contribution is 2.19. The summed E-state index contributed by atoms with van der Waals surface area (Å²) in [6.07, 6.45) is 0. The molecule has 1 heterocycles. The van der Waals surface area contributed by atoms with Crippen LogP contribution in [0.4, 0.5) is 5.69 Å². The lowest BCUT2D eigenvalue weighted by atomic mass is 10.3. The minimum atomic E-state index is -3.09. The lowest BCUT2D eigenvalue weighted by Crippen LogP contribution is -2.28. The predicted octanol–water partition coefficient (Wildman–Crippen LogP) is 1.08. The number of hydrogen-bond donors (Lipinski definition) is 1. The molecule has 0 radical (unpaired) electrons. The van der Waals surface area contributed by atoms with Gasteiger partial charge in [0.25, 0.3) is 0 Å². The lowest BCUT2D eigenvalue weighted by Gasteiger charge is -2.21. The highest BCUT2D eigenvalue weighted by atomic mass is 35.5. The second-order valence-electron chi connectivity index (χ2n) is 3.68. The average molecular weight is 261 g/mol. The van der Waals surface area contributed by atoms with E-state index in [0.29, 0.717) is 24.7 Å². The fraction of sp³-hybridized carbons (Fsp3) is 0.400. The van der Waals surface area contributed by atoms with Crippen molar-refractivity contribution in [3.63, 3.8) is 0 Å². The first-order valence-corrected chi connectivity index (χ1v) is 7.08. The van der Waals surface area contributed by atoms with Gasteiger partial charge in [0.05, 0.1) is 5.75 Å². The molecule has 1 N–H and O–H groups in total. The molecular weight excluding hydrogens is 248 g/mol. The number of nitrogens with zero attached hydrogens (tertiary/aromatic N) is 1. The Balaban J connectivity index is 2.17. The summed E-state index contributed by atoms with van der Waals surface area (Å²) in [6, 6.07) is 7.45. The molecule has 1 saturated heterocycles. The van der Waals surface area contributed by atoms with Crippen LogP contribution >= 0.6 is 11.6 Å². The van der Waals surface area contributed by atoms with Crippen LogP contribution in [0.3, 0.4) is 0 Å². The van der Waals surface area contributed by atoms with Gasteiger partial charge in [-0.05, 0) is 18.2 Å². The fourth-order valence-electron chi connectivity index (χ4n) is 1.68. The first kappa shape index (κ1) is 11.7. The van der Waals surface area contributed by atoms with Crippen LogP contribution in [-0.4, -0.2) is 33.8 Å². The number of rotatable bonds is 1. The predicted molar refractivity (Wildman–Crippen MR) is 65.5 cm³/mol. The number of benzene rings is 1. The van der Waals surface area contributed by atoms with E-state index in [4.69, 9.17) is 11.6 Å². The van der Waals surface area contributed by atoms with Crippen LogP contribution < -0.4 is 9.62 Å². The molecule has 0 aliphatic carbocycles. The molecule has 88 valence electrons. The van der Waals surface area contributed by atoms with Gasteiger partial charge in [-0.3, -0.25) is 0 Å². The molecule has 16 heavy (non-hydrogen) atoms. The molecule has 6 heteroatoms. The van der Waals surface area contributed by atoms with Crippen LogP contribution in [0, 0.1) is 0 Å². The van der Waals surface area contributed by atoms with Gasteiger partial charge in [-0.1, -0.05) is 17.7 Å². The molecule has 2 rings (SSSR count). The second kappa shape index (κ2) is 4.61. The molecule has 0 atom stereocenters. The van der Waals surface area contributed by atoms with Crippen LogP contribution in [0.5, 0.6) is 0 Å². The van der Waals surface area contributed by atoms with E-state index in [1.54, 1.807) is 6.07 Å². The van der Waals surface area contributed by atoms with Gasteiger partial charge >= 0.3 is 0 Å². The van der Waals surface area contributed by atoms with Crippen LogP contribution in [0.15, 0.2) is 24.3 Å². The Morgan fingerprint density at radius 3 is 2.88 bits per heavy atom. The quantitative estimate of drug-likeness (QED) is 0.822. The van der Waals surface area contributed by atoms with Crippen LogP contribution in [0.1, 0.15) is 0 Å². The zero-order valence-electron chi connectivity index (χ0n) is 8.69. The van der Waals surface area contributed by atoms with Crippen LogP contribution in [-0.2, 0) is 10.0 Å². The lowest BCUT2D eigenvalue weighted by molar-refractivity contribution is 0.586. The highest BCUT2D eigenvalue weighted by molar-refractivity contribution is 7.89. The van der Waals surface area contributed by atoms with E-state index in [9.17, 15) is 8.42 Å². The van der Waals surface area contributed by atoms with Gasteiger partial charge in [-0.2, -0.15) is 0 Å². The van der Waals surface area contributed by atoms with Gasteiger partial charge in [-0.15, -0.1) is 0 Å². The Hall–Kier alpha value is -0.780. The normalized spacial score (nSPS) is 20.4. The van der Waals surface area contributed by atoms with Gasteiger partial charge in [0.2, 0.25) is 10.0 Å². The molecule has 1 aliphatic heterocycles. The molecule has 0 unspecified atom stereocenters. The third-order valence-corrected chi connectivity index (χ3v) is 4.11. The number of anilines is 1. The van der Waals surface area contributed by atoms with E-state index < -0.39 is 10.0 Å². The van der Waals surface area contributed by atoms with Crippen molar-refractivity contribution in [2.75, 3.05) is 30.3 Å². The van der Waals surface area contributed by atoms with E-state index in [-0.39, 0.29) is 5.75 Å². The van der Waals surface area contributed by atoms with Crippen molar-refractivity contribution in [1.82, 2.24) is 4.72 Å². The van der Waals surface area contributed by atoms with Gasteiger partial charge in [0, 0.05) is 30.3 Å². The molecule has 0 spiro atoms. The summed E-state index contributed by atoms with van der Waals surface area (Å²) in [4.78, 5) is 2.02. The molecular formula is C10H13ClN2O2S. The van der Waals surface area contributed by atoms with Crippen molar-refractivity contribution in [2.45, 2.75) is 0 Å². The molecule has 4 nitrogen and oxygen atoms in total. The number of hydrogen-bond acceptors (Lipinski definition) is 3. The van der Waals surface area contributed by atoms with E-state index in [2.05, 4.69) is 4.72 Å². The van der Waals surface area contributed by atoms with Crippen molar-refractivity contribution in [2.24, 2.45) is 0 Å². The summed E-state index contributed by atoms with van der Waals surface area (Å²) in [5.41, 5.74) is 0.964. The average Bonchev–Trinajstić information content (AvgIpc) is 2.39. The Bertz CT molecular complexity index is 475. The molecule has 1 fully saturated rings. The Labute approximate surface area is 100 Å². The van der Waals surface area contributed by atoms with E-state index in [0.717, 1.165) is 5.69 Å². The Morgan fingerprint density at radius 1 is 1.31 bits per heavy atom. The molecule has 0 saturated carbocycles. The Morgan fingerprint density at radius 2 is 2.12 bits per heavy atom. The SMILES string of the molecule is O=S1(=O)CCN(c2cccc(Cl)c2)CCN1. The van der Waals surface area contributed by atoms with Crippen LogP contribution in [0.2, 0.25) is 5.02 Å². The minimum Gasteiger partial charge on any atom is -0.369 e. The smallest absolute Gasteiger partial charge is 0.213 e. The second-order valence-corrected chi connectivity index (χ2v) is 6.04. The molecule has 1 aliphatic rings. The molecule has 1 aromatic carbocycles. The third-order valence-electron chi connectivity index (χ3n) is 2.51.